The Balaban J connectivity index is 2.56. The van der Waals surface area contributed by atoms with Crippen LogP contribution in [0.2, 0.25) is 0 Å². The van der Waals surface area contributed by atoms with E-state index in [1.54, 1.807) is 18.3 Å². The summed E-state index contributed by atoms with van der Waals surface area (Å²) in [7, 11) is 1.92. The van der Waals surface area contributed by atoms with Crippen LogP contribution in [0, 0.1) is 0 Å². The van der Waals surface area contributed by atoms with E-state index in [1.807, 2.05) is 29.5 Å². The van der Waals surface area contributed by atoms with Gasteiger partial charge in [-0.25, -0.2) is 0 Å². The Hall–Kier alpha value is -0.830. The van der Waals surface area contributed by atoms with Gasteiger partial charge in [-0.2, -0.15) is 0 Å². The summed E-state index contributed by atoms with van der Waals surface area (Å²) in [6, 6.07) is 3.99. The van der Waals surface area contributed by atoms with Gasteiger partial charge >= 0.3 is 0 Å². The van der Waals surface area contributed by atoms with E-state index >= 15 is 0 Å². The van der Waals surface area contributed by atoms with E-state index in [0.29, 0.717) is 6.54 Å². The van der Waals surface area contributed by atoms with Crippen LogP contribution in [0.3, 0.4) is 0 Å². The van der Waals surface area contributed by atoms with Gasteiger partial charge in [0.2, 0.25) is 0 Å². The molecule has 11 heavy (non-hydrogen) atoms. The van der Waals surface area contributed by atoms with Crippen molar-refractivity contribution in [1.82, 2.24) is 0 Å². The number of hydrogen-bond donors (Lipinski definition) is 0. The van der Waals surface area contributed by atoms with Crippen molar-refractivity contribution in [3.05, 3.63) is 17.5 Å². The van der Waals surface area contributed by atoms with Crippen LogP contribution in [0.25, 0.3) is 0 Å². The topological polar surface area (TPSA) is 20.3 Å². The molecule has 0 atom stereocenters. The fourth-order valence-electron chi connectivity index (χ4n) is 0.899. The van der Waals surface area contributed by atoms with Crippen LogP contribution in [-0.4, -0.2) is 19.4 Å². The highest BCUT2D eigenvalue weighted by atomic mass is 32.1. The standard InChI is InChI=1S/C8H11NOS/c1-7(10)6-9(2)8-4-3-5-11-8/h3-5H,6H2,1-2H3. The van der Waals surface area contributed by atoms with Gasteiger partial charge in [-0.3, -0.25) is 4.79 Å². The van der Waals surface area contributed by atoms with Crippen LogP contribution in [0.4, 0.5) is 5.00 Å². The van der Waals surface area contributed by atoms with Gasteiger partial charge in [0, 0.05) is 7.05 Å². The number of Topliss-reactive ketones (excluding diaryl/α,β-unsaturated/α-hetero) is 1. The molecule has 0 unspecified atom stereocenters. The van der Waals surface area contributed by atoms with Crippen LogP contribution in [0.1, 0.15) is 6.92 Å². The maximum Gasteiger partial charge on any atom is 0.149 e. The lowest BCUT2D eigenvalue weighted by molar-refractivity contribution is -0.115. The van der Waals surface area contributed by atoms with Crippen molar-refractivity contribution in [3.8, 4) is 0 Å². The highest BCUT2D eigenvalue weighted by Gasteiger charge is 2.02. The Morgan fingerprint density at radius 2 is 2.45 bits per heavy atom. The molecule has 0 saturated heterocycles. The third kappa shape index (κ3) is 2.35. The number of rotatable bonds is 3. The summed E-state index contributed by atoms with van der Waals surface area (Å²) in [5.74, 6) is 0.195. The van der Waals surface area contributed by atoms with Crippen LogP contribution in [0.15, 0.2) is 17.5 Å². The zero-order valence-corrected chi connectivity index (χ0v) is 7.52. The summed E-state index contributed by atoms with van der Waals surface area (Å²) in [6.07, 6.45) is 0. The van der Waals surface area contributed by atoms with Gasteiger partial charge in [-0.15, -0.1) is 11.3 Å². The molecular formula is C8H11NOS. The summed E-state index contributed by atoms with van der Waals surface area (Å²) >= 11 is 1.65. The number of ketones is 1. The van der Waals surface area contributed by atoms with E-state index in [0.717, 1.165) is 5.00 Å². The van der Waals surface area contributed by atoms with E-state index in [9.17, 15) is 4.79 Å². The second-order valence-electron chi connectivity index (χ2n) is 2.51. The molecule has 1 rings (SSSR count). The molecule has 2 nitrogen and oxygen atoms in total. The molecule has 3 heteroatoms. The Morgan fingerprint density at radius 3 is 2.91 bits per heavy atom. The number of anilines is 1. The van der Waals surface area contributed by atoms with Gasteiger partial charge in [0.25, 0.3) is 0 Å². The second-order valence-corrected chi connectivity index (χ2v) is 3.44. The average Bonchev–Trinajstić information content (AvgIpc) is 2.35. The number of thiophene rings is 1. The van der Waals surface area contributed by atoms with E-state index in [2.05, 4.69) is 0 Å². The minimum atomic E-state index is 0.195. The summed E-state index contributed by atoms with van der Waals surface area (Å²) < 4.78 is 0. The summed E-state index contributed by atoms with van der Waals surface area (Å²) in [5, 5.41) is 3.14. The molecule has 0 aromatic carbocycles. The number of nitrogens with zero attached hydrogens (tertiary/aromatic N) is 1. The lowest BCUT2D eigenvalue weighted by Gasteiger charge is -2.13. The van der Waals surface area contributed by atoms with Gasteiger partial charge < -0.3 is 4.90 Å². The molecule has 0 saturated carbocycles. The molecule has 1 aromatic rings. The second kappa shape index (κ2) is 3.53. The zero-order chi connectivity index (χ0) is 8.27. The first kappa shape index (κ1) is 8.27. The Labute approximate surface area is 70.5 Å². The first-order chi connectivity index (χ1) is 5.20. The van der Waals surface area contributed by atoms with E-state index in [-0.39, 0.29) is 5.78 Å². The molecule has 0 aliphatic carbocycles. The van der Waals surface area contributed by atoms with E-state index < -0.39 is 0 Å². The minimum Gasteiger partial charge on any atom is -0.359 e. The van der Waals surface area contributed by atoms with Crippen LogP contribution in [-0.2, 0) is 4.79 Å². The van der Waals surface area contributed by atoms with Crippen molar-refractivity contribution in [1.29, 1.82) is 0 Å². The van der Waals surface area contributed by atoms with Gasteiger partial charge in [0.05, 0.1) is 11.5 Å². The number of hydrogen-bond acceptors (Lipinski definition) is 3. The lowest BCUT2D eigenvalue weighted by Crippen LogP contribution is -2.22. The molecule has 0 radical (unpaired) electrons. The molecule has 0 N–H and O–H groups in total. The number of likely N-dealkylation sites (N-methyl/N-ethyl adjacent to an activating group) is 1. The predicted molar refractivity (Wildman–Crippen MR) is 48.3 cm³/mol. The summed E-state index contributed by atoms with van der Waals surface area (Å²) in [5.41, 5.74) is 0. The molecule has 0 amide bonds. The first-order valence-electron chi connectivity index (χ1n) is 3.44. The smallest absolute Gasteiger partial charge is 0.149 e. The number of carbonyl (C=O) groups excluding carboxylic acids is 1. The molecular weight excluding hydrogens is 158 g/mol. The molecule has 0 aliphatic heterocycles. The number of carbonyl (C=O) groups is 1. The maximum absolute atomic E-state index is 10.7. The van der Waals surface area contributed by atoms with Crippen LogP contribution >= 0.6 is 11.3 Å². The summed E-state index contributed by atoms with van der Waals surface area (Å²) in [6.45, 7) is 2.10. The van der Waals surface area contributed by atoms with Crippen molar-refractivity contribution >= 4 is 22.1 Å². The first-order valence-corrected chi connectivity index (χ1v) is 4.32. The van der Waals surface area contributed by atoms with Crippen LogP contribution < -0.4 is 4.90 Å². The molecule has 0 spiro atoms. The zero-order valence-electron chi connectivity index (χ0n) is 6.70. The Bertz CT molecular complexity index is 230. The molecule has 0 bridgehead atoms. The molecule has 60 valence electrons. The SMILES string of the molecule is CC(=O)CN(C)c1cccs1. The third-order valence-corrected chi connectivity index (χ3v) is 2.32. The quantitative estimate of drug-likeness (QED) is 0.687. The fraction of sp³-hybridized carbons (Fsp3) is 0.375. The highest BCUT2D eigenvalue weighted by Crippen LogP contribution is 2.18. The van der Waals surface area contributed by atoms with Gasteiger partial charge in [-0.1, -0.05) is 0 Å². The van der Waals surface area contributed by atoms with Crippen molar-refractivity contribution in [3.63, 3.8) is 0 Å². The van der Waals surface area contributed by atoms with Gasteiger partial charge in [0.1, 0.15) is 5.78 Å². The van der Waals surface area contributed by atoms with Crippen molar-refractivity contribution in [2.45, 2.75) is 6.92 Å². The van der Waals surface area contributed by atoms with Crippen LogP contribution in [0.5, 0.6) is 0 Å². The molecule has 0 fully saturated rings. The fourth-order valence-corrected chi connectivity index (χ4v) is 1.60. The van der Waals surface area contributed by atoms with Crippen molar-refractivity contribution < 1.29 is 4.79 Å². The summed E-state index contributed by atoms with van der Waals surface area (Å²) in [4.78, 5) is 12.7. The van der Waals surface area contributed by atoms with Crippen molar-refractivity contribution in [2.75, 3.05) is 18.5 Å². The minimum absolute atomic E-state index is 0.195. The maximum atomic E-state index is 10.7. The molecule has 0 aliphatic rings. The normalized spacial score (nSPS) is 9.64. The van der Waals surface area contributed by atoms with Crippen molar-refractivity contribution in [2.24, 2.45) is 0 Å². The van der Waals surface area contributed by atoms with Gasteiger partial charge in [-0.05, 0) is 24.4 Å². The largest absolute Gasteiger partial charge is 0.359 e. The average molecular weight is 169 g/mol. The highest BCUT2D eigenvalue weighted by molar-refractivity contribution is 7.14. The van der Waals surface area contributed by atoms with E-state index in [1.165, 1.54) is 0 Å². The Morgan fingerprint density at radius 1 is 1.73 bits per heavy atom. The predicted octanol–water partition coefficient (Wildman–Crippen LogP) is 1.77. The molecule has 1 heterocycles. The third-order valence-electron chi connectivity index (χ3n) is 1.34. The van der Waals surface area contributed by atoms with E-state index in [4.69, 9.17) is 0 Å². The molecule has 1 aromatic heterocycles. The lowest BCUT2D eigenvalue weighted by atomic mass is 10.4. The Kier molecular flexibility index (Phi) is 2.65. The monoisotopic (exact) mass is 169 g/mol. The van der Waals surface area contributed by atoms with Gasteiger partial charge in [0.15, 0.2) is 0 Å².